The summed E-state index contributed by atoms with van der Waals surface area (Å²) in [6.07, 6.45) is 7.14. The molecule has 0 fully saturated rings. The molecule has 25 heavy (non-hydrogen) atoms. The number of unbranched alkanes of at least 4 members (excludes halogenated alkanes) is 4. The predicted octanol–water partition coefficient (Wildman–Crippen LogP) is 4.87. The van der Waals surface area contributed by atoms with Gasteiger partial charge in [-0.25, -0.2) is 0 Å². The Bertz CT molecular complexity index is 346. The van der Waals surface area contributed by atoms with Crippen LogP contribution < -0.4 is 0 Å². The largest absolute Gasteiger partial charge is 0.502 e. The van der Waals surface area contributed by atoms with Crippen LogP contribution in [0.3, 0.4) is 0 Å². The van der Waals surface area contributed by atoms with E-state index in [2.05, 4.69) is 13.8 Å². The van der Waals surface area contributed by atoms with Crippen molar-refractivity contribution in [1.29, 1.82) is 0 Å². The first-order chi connectivity index (χ1) is 12.0. The van der Waals surface area contributed by atoms with Crippen molar-refractivity contribution < 1.29 is 22.9 Å². The van der Waals surface area contributed by atoms with Crippen molar-refractivity contribution in [3.63, 3.8) is 0 Å². The molecule has 0 N–H and O–H groups in total. The van der Waals surface area contributed by atoms with Crippen LogP contribution in [-0.4, -0.2) is 44.9 Å². The van der Waals surface area contributed by atoms with Crippen molar-refractivity contribution in [1.82, 2.24) is 0 Å². The van der Waals surface area contributed by atoms with Gasteiger partial charge in [-0.1, -0.05) is 63.1 Å². The normalized spacial score (nSPS) is 11.9. The maximum Gasteiger partial charge on any atom is 0.502 e. The number of hydrogen-bond acceptors (Lipinski definition) is 7. The molecule has 0 aromatic carbocycles. The van der Waals surface area contributed by atoms with E-state index in [4.69, 9.17) is 13.3 Å². The second-order valence-electron chi connectivity index (χ2n) is 5.82. The van der Waals surface area contributed by atoms with Crippen molar-refractivity contribution >= 4 is 42.6 Å². The number of rotatable bonds is 15. The lowest BCUT2D eigenvalue weighted by molar-refractivity contribution is -0.111. The lowest BCUT2D eigenvalue weighted by atomic mass is 10.2. The highest BCUT2D eigenvalue weighted by Crippen LogP contribution is 2.35. The first-order valence-electron chi connectivity index (χ1n) is 9.01. The van der Waals surface area contributed by atoms with Gasteiger partial charge in [0.15, 0.2) is 10.2 Å². The fourth-order valence-corrected chi connectivity index (χ4v) is 7.51. The van der Waals surface area contributed by atoms with E-state index in [1.807, 2.05) is 0 Å². The van der Waals surface area contributed by atoms with E-state index in [0.717, 1.165) is 38.5 Å². The molecule has 0 saturated carbocycles. The van der Waals surface area contributed by atoms with Gasteiger partial charge in [0.25, 0.3) is 0 Å². The van der Waals surface area contributed by atoms with Gasteiger partial charge >= 0.3 is 8.80 Å². The second kappa shape index (κ2) is 15.2. The molecule has 0 heterocycles. The van der Waals surface area contributed by atoms with Gasteiger partial charge in [0.05, 0.1) is 4.58 Å². The summed E-state index contributed by atoms with van der Waals surface area (Å²) >= 11 is 2.47. The van der Waals surface area contributed by atoms with Crippen LogP contribution in [0.1, 0.15) is 65.2 Å². The maximum absolute atomic E-state index is 12.3. The third kappa shape index (κ3) is 11.5. The molecule has 0 unspecified atom stereocenters. The van der Waals surface area contributed by atoms with E-state index in [0.29, 0.717) is 18.9 Å². The maximum atomic E-state index is 12.3. The Morgan fingerprint density at radius 3 is 1.52 bits per heavy atom. The van der Waals surface area contributed by atoms with Crippen LogP contribution in [0.4, 0.5) is 0 Å². The number of thioether (sulfide) groups is 2. The summed E-state index contributed by atoms with van der Waals surface area (Å²) in [6, 6.07) is 0.435. The molecule has 0 bridgehead atoms. The number of hydrogen-bond donors (Lipinski definition) is 0. The minimum absolute atomic E-state index is 0.124. The molecule has 0 aliphatic heterocycles. The molecule has 0 amide bonds. The van der Waals surface area contributed by atoms with Gasteiger partial charge in [-0.3, -0.25) is 9.59 Å². The van der Waals surface area contributed by atoms with Crippen molar-refractivity contribution in [2.45, 2.75) is 75.8 Å². The molecule has 0 aromatic heterocycles. The Hall–Kier alpha value is 0.137. The zero-order valence-electron chi connectivity index (χ0n) is 16.3. The number of carbonyl (C=O) groups is 2. The minimum atomic E-state index is -2.84. The first kappa shape index (κ1) is 25.1. The monoisotopic (exact) mass is 410 g/mol. The Labute approximate surface area is 162 Å². The lowest BCUT2D eigenvalue weighted by Gasteiger charge is -2.27. The first-order valence-corrected chi connectivity index (χ1v) is 12.7. The van der Waals surface area contributed by atoms with Crippen LogP contribution in [0.2, 0.25) is 6.04 Å². The highest BCUT2D eigenvalue weighted by Gasteiger charge is 2.42. The summed E-state index contributed by atoms with van der Waals surface area (Å²) in [5.74, 6) is 0. The topological polar surface area (TPSA) is 61.8 Å². The predicted molar refractivity (Wildman–Crippen MR) is 109 cm³/mol. The van der Waals surface area contributed by atoms with Crippen molar-refractivity contribution in [2.75, 3.05) is 21.3 Å². The molecule has 0 saturated heterocycles. The Morgan fingerprint density at radius 2 is 1.20 bits per heavy atom. The number of carbonyl (C=O) groups excluding carboxylic acids is 2. The van der Waals surface area contributed by atoms with Gasteiger partial charge in [-0.2, -0.15) is 0 Å². The minimum Gasteiger partial charge on any atom is -0.377 e. The molecule has 0 aliphatic rings. The van der Waals surface area contributed by atoms with Gasteiger partial charge in [0, 0.05) is 40.2 Å². The van der Waals surface area contributed by atoms with E-state index >= 15 is 0 Å². The van der Waals surface area contributed by atoms with Gasteiger partial charge in [-0.05, 0) is 12.8 Å². The zero-order valence-corrected chi connectivity index (χ0v) is 18.9. The Kier molecular flexibility index (Phi) is 15.3. The standard InChI is InChI=1S/C17H34O5S2Si/c1-6-8-10-12-15(18)23-17(14-25(20-3,21-4)22-5)24-16(19)13-11-9-7-2/h17H,6-14H2,1-5H3. The lowest BCUT2D eigenvalue weighted by Crippen LogP contribution is -2.44. The second-order valence-corrected chi connectivity index (χ2v) is 11.6. The van der Waals surface area contributed by atoms with Crippen LogP contribution in [0.15, 0.2) is 0 Å². The van der Waals surface area contributed by atoms with Gasteiger partial charge in [0.1, 0.15) is 0 Å². The quantitative estimate of drug-likeness (QED) is 0.217. The molecule has 5 nitrogen and oxygen atoms in total. The molecular weight excluding hydrogens is 376 g/mol. The fraction of sp³-hybridized carbons (Fsp3) is 0.882. The third-order valence-corrected chi connectivity index (χ3v) is 9.58. The van der Waals surface area contributed by atoms with Crippen LogP contribution in [0.5, 0.6) is 0 Å². The van der Waals surface area contributed by atoms with Crippen LogP contribution >= 0.6 is 23.5 Å². The molecule has 0 spiro atoms. The molecule has 8 heteroatoms. The van der Waals surface area contributed by atoms with E-state index in [-0.39, 0.29) is 14.8 Å². The summed E-state index contributed by atoms with van der Waals surface area (Å²) in [4.78, 5) is 24.5. The van der Waals surface area contributed by atoms with Gasteiger partial charge in [-0.15, -0.1) is 0 Å². The summed E-state index contributed by atoms with van der Waals surface area (Å²) in [5, 5.41) is 0.247. The molecule has 148 valence electrons. The SMILES string of the molecule is CCCCCC(=O)SC(C[Si](OC)(OC)OC)SC(=O)CCCCC. The summed E-state index contributed by atoms with van der Waals surface area (Å²) in [5.41, 5.74) is 0. The molecular formula is C17H34O5S2Si. The highest BCUT2D eigenvalue weighted by molar-refractivity contribution is 8.29. The van der Waals surface area contributed by atoms with E-state index < -0.39 is 8.80 Å². The average molecular weight is 411 g/mol. The zero-order chi connectivity index (χ0) is 19.1. The summed E-state index contributed by atoms with van der Waals surface area (Å²) < 4.78 is 16.2. The van der Waals surface area contributed by atoms with Crippen LogP contribution in [-0.2, 0) is 22.9 Å². The molecule has 0 rings (SSSR count). The smallest absolute Gasteiger partial charge is 0.377 e. The summed E-state index contributed by atoms with van der Waals surface area (Å²) in [7, 11) is 1.82. The van der Waals surface area contributed by atoms with Crippen LogP contribution in [0.25, 0.3) is 0 Å². The van der Waals surface area contributed by atoms with E-state index in [1.54, 1.807) is 21.3 Å². The van der Waals surface area contributed by atoms with E-state index in [1.165, 1.54) is 23.5 Å². The van der Waals surface area contributed by atoms with Gasteiger partial charge < -0.3 is 13.3 Å². The Balaban J connectivity index is 4.79. The van der Waals surface area contributed by atoms with E-state index in [9.17, 15) is 9.59 Å². The molecule has 0 atom stereocenters. The highest BCUT2D eigenvalue weighted by atomic mass is 32.2. The van der Waals surface area contributed by atoms with Crippen molar-refractivity contribution in [3.8, 4) is 0 Å². The van der Waals surface area contributed by atoms with Crippen LogP contribution in [0, 0.1) is 0 Å². The molecule has 0 radical (unpaired) electrons. The third-order valence-electron chi connectivity index (χ3n) is 3.84. The molecule has 0 aromatic rings. The Morgan fingerprint density at radius 1 is 0.800 bits per heavy atom. The summed E-state index contributed by atoms with van der Waals surface area (Å²) in [6.45, 7) is 4.22. The molecule has 0 aliphatic carbocycles. The average Bonchev–Trinajstić information content (AvgIpc) is 2.60. The van der Waals surface area contributed by atoms with Crippen molar-refractivity contribution in [2.24, 2.45) is 0 Å². The van der Waals surface area contributed by atoms with Crippen molar-refractivity contribution in [3.05, 3.63) is 0 Å². The fourth-order valence-electron chi connectivity index (χ4n) is 2.26. The van der Waals surface area contributed by atoms with Gasteiger partial charge in [0.2, 0.25) is 0 Å².